The van der Waals surface area contributed by atoms with E-state index in [1.54, 1.807) is 11.8 Å². The Labute approximate surface area is 101 Å². The molecule has 1 heterocycles. The van der Waals surface area contributed by atoms with E-state index in [0.29, 0.717) is 12.3 Å². The van der Waals surface area contributed by atoms with Crippen molar-refractivity contribution in [2.24, 2.45) is 5.92 Å². The van der Waals surface area contributed by atoms with Gasteiger partial charge >= 0.3 is 0 Å². The lowest BCUT2D eigenvalue weighted by atomic mass is 10.1. The van der Waals surface area contributed by atoms with Gasteiger partial charge in [-0.3, -0.25) is 4.79 Å². The third-order valence-corrected chi connectivity index (χ3v) is 3.09. The molecule has 1 aliphatic rings. The molecule has 1 aliphatic carbocycles. The van der Waals surface area contributed by atoms with Crippen molar-refractivity contribution in [2.75, 3.05) is 7.11 Å². The number of methoxy groups -OCH3 is 1. The Morgan fingerprint density at radius 2 is 2.29 bits per heavy atom. The van der Waals surface area contributed by atoms with Gasteiger partial charge in [0.25, 0.3) is 0 Å². The summed E-state index contributed by atoms with van der Waals surface area (Å²) in [5.41, 5.74) is 0. The van der Waals surface area contributed by atoms with E-state index in [-0.39, 0.29) is 17.9 Å². The number of ketones is 1. The molecule has 1 aromatic rings. The number of ether oxygens (including phenoxy) is 1. The van der Waals surface area contributed by atoms with Crippen LogP contribution in [0, 0.1) is 5.92 Å². The summed E-state index contributed by atoms with van der Waals surface area (Å²) in [6, 6.07) is 0.224. The Kier molecular flexibility index (Phi) is 3.57. The van der Waals surface area contributed by atoms with Crippen molar-refractivity contribution in [3.63, 3.8) is 0 Å². The first kappa shape index (κ1) is 12.2. The quantitative estimate of drug-likeness (QED) is 0.750. The molecule has 0 amide bonds. The van der Waals surface area contributed by atoms with E-state index in [4.69, 9.17) is 4.74 Å². The molecule has 5 heteroatoms. The largest absolute Gasteiger partial charge is 0.373 e. The van der Waals surface area contributed by atoms with Crippen molar-refractivity contribution in [2.45, 2.75) is 45.3 Å². The average Bonchev–Trinajstić information content (AvgIpc) is 2.98. The molecule has 1 atom stereocenters. The Hall–Kier alpha value is -1.23. The number of carbonyl (C=O) groups excluding carboxylic acids is 1. The summed E-state index contributed by atoms with van der Waals surface area (Å²) in [5.74, 6) is 1.26. The molecule has 2 rings (SSSR count). The van der Waals surface area contributed by atoms with Crippen LogP contribution < -0.4 is 0 Å². The molecule has 1 fully saturated rings. The molecule has 5 nitrogen and oxygen atoms in total. The van der Waals surface area contributed by atoms with E-state index in [2.05, 4.69) is 10.1 Å². The van der Waals surface area contributed by atoms with Crippen molar-refractivity contribution in [1.29, 1.82) is 0 Å². The fourth-order valence-electron chi connectivity index (χ4n) is 2.07. The van der Waals surface area contributed by atoms with Crippen molar-refractivity contribution in [3.8, 4) is 0 Å². The number of carbonyl (C=O) groups is 1. The first-order valence-electron chi connectivity index (χ1n) is 6.07. The summed E-state index contributed by atoms with van der Waals surface area (Å²) in [4.78, 5) is 16.2. The number of nitrogens with zero attached hydrogens (tertiary/aromatic N) is 3. The number of hydrogen-bond acceptors (Lipinski definition) is 4. The number of rotatable bonds is 6. The van der Waals surface area contributed by atoms with Gasteiger partial charge in [0.05, 0.1) is 6.42 Å². The van der Waals surface area contributed by atoms with Crippen molar-refractivity contribution in [3.05, 3.63) is 12.2 Å². The molecule has 0 bridgehead atoms. The maximum absolute atomic E-state index is 12.1. The van der Waals surface area contributed by atoms with E-state index in [1.165, 1.54) is 6.33 Å². The predicted molar refractivity (Wildman–Crippen MR) is 62.6 cm³/mol. The number of aromatic nitrogens is 3. The van der Waals surface area contributed by atoms with Crippen LogP contribution in [-0.2, 0) is 16.0 Å². The van der Waals surface area contributed by atoms with Crippen LogP contribution in [0.2, 0.25) is 0 Å². The summed E-state index contributed by atoms with van der Waals surface area (Å²) >= 11 is 0. The molecule has 1 unspecified atom stereocenters. The lowest BCUT2D eigenvalue weighted by Crippen LogP contribution is -2.28. The van der Waals surface area contributed by atoms with Gasteiger partial charge < -0.3 is 4.74 Å². The molecule has 1 aromatic heterocycles. The molecule has 1 saturated carbocycles. The van der Waals surface area contributed by atoms with Gasteiger partial charge in [0.1, 0.15) is 18.3 Å². The lowest BCUT2D eigenvalue weighted by molar-refractivity contribution is -0.129. The SMILES string of the molecule is COC(C(=O)Cc1ncnn1C(C)C)C1CC1. The van der Waals surface area contributed by atoms with Gasteiger partial charge in [-0.25, -0.2) is 9.67 Å². The first-order chi connectivity index (χ1) is 8.13. The molecular weight excluding hydrogens is 218 g/mol. The molecule has 0 aromatic carbocycles. The predicted octanol–water partition coefficient (Wildman–Crippen LogP) is 1.40. The van der Waals surface area contributed by atoms with Crippen molar-refractivity contribution in [1.82, 2.24) is 14.8 Å². The van der Waals surface area contributed by atoms with E-state index in [9.17, 15) is 4.79 Å². The second-order valence-electron chi connectivity index (χ2n) is 4.85. The van der Waals surface area contributed by atoms with E-state index in [0.717, 1.165) is 18.7 Å². The zero-order chi connectivity index (χ0) is 12.4. The summed E-state index contributed by atoms with van der Waals surface area (Å²) in [6.45, 7) is 4.05. The third kappa shape index (κ3) is 2.72. The second kappa shape index (κ2) is 4.96. The van der Waals surface area contributed by atoms with Gasteiger partial charge in [-0.1, -0.05) is 0 Å². The van der Waals surface area contributed by atoms with Crippen LogP contribution in [0.3, 0.4) is 0 Å². The zero-order valence-electron chi connectivity index (χ0n) is 10.6. The highest BCUT2D eigenvalue weighted by molar-refractivity contribution is 5.85. The standard InChI is InChI=1S/C12H19N3O2/c1-8(2)15-11(13-7-14-15)6-10(16)12(17-3)9-4-5-9/h7-9,12H,4-6H2,1-3H3. The van der Waals surface area contributed by atoms with Crippen LogP contribution in [0.4, 0.5) is 0 Å². The van der Waals surface area contributed by atoms with Gasteiger partial charge in [0.2, 0.25) is 0 Å². The van der Waals surface area contributed by atoms with Crippen molar-refractivity contribution < 1.29 is 9.53 Å². The van der Waals surface area contributed by atoms with Crippen LogP contribution in [0.25, 0.3) is 0 Å². The van der Waals surface area contributed by atoms with Gasteiger partial charge in [0.15, 0.2) is 5.78 Å². The summed E-state index contributed by atoms with van der Waals surface area (Å²) in [6.07, 6.45) is 3.75. The molecule has 0 radical (unpaired) electrons. The summed E-state index contributed by atoms with van der Waals surface area (Å²) in [5, 5.41) is 4.13. The fourth-order valence-corrected chi connectivity index (χ4v) is 2.07. The van der Waals surface area contributed by atoms with Crippen molar-refractivity contribution >= 4 is 5.78 Å². The third-order valence-electron chi connectivity index (χ3n) is 3.09. The Bertz CT molecular complexity index is 396. The van der Waals surface area contributed by atoms with Gasteiger partial charge in [-0.15, -0.1) is 0 Å². The highest BCUT2D eigenvalue weighted by Crippen LogP contribution is 2.34. The minimum atomic E-state index is -0.257. The number of hydrogen-bond donors (Lipinski definition) is 0. The van der Waals surface area contributed by atoms with Gasteiger partial charge in [-0.05, 0) is 32.6 Å². The topological polar surface area (TPSA) is 57.0 Å². The van der Waals surface area contributed by atoms with E-state index < -0.39 is 0 Å². The maximum Gasteiger partial charge on any atom is 0.169 e. The molecule has 0 spiro atoms. The van der Waals surface area contributed by atoms with E-state index >= 15 is 0 Å². The maximum atomic E-state index is 12.1. The molecule has 0 saturated heterocycles. The minimum absolute atomic E-state index is 0.116. The molecule has 0 aliphatic heterocycles. The van der Waals surface area contributed by atoms with Crippen LogP contribution in [0.15, 0.2) is 6.33 Å². The first-order valence-corrected chi connectivity index (χ1v) is 6.07. The lowest BCUT2D eigenvalue weighted by Gasteiger charge is -2.14. The minimum Gasteiger partial charge on any atom is -0.373 e. The summed E-state index contributed by atoms with van der Waals surface area (Å²) in [7, 11) is 1.61. The Morgan fingerprint density at radius 1 is 1.59 bits per heavy atom. The molecule has 0 N–H and O–H groups in total. The Morgan fingerprint density at radius 3 is 2.82 bits per heavy atom. The Balaban J connectivity index is 2.04. The molecule has 94 valence electrons. The highest BCUT2D eigenvalue weighted by Gasteiger charge is 2.36. The summed E-state index contributed by atoms with van der Waals surface area (Å²) < 4.78 is 7.07. The molecular formula is C12H19N3O2. The zero-order valence-corrected chi connectivity index (χ0v) is 10.6. The van der Waals surface area contributed by atoms with Crippen LogP contribution in [-0.4, -0.2) is 33.8 Å². The second-order valence-corrected chi connectivity index (χ2v) is 4.85. The normalized spacial score (nSPS) is 17.4. The van der Waals surface area contributed by atoms with Crippen LogP contribution in [0.5, 0.6) is 0 Å². The van der Waals surface area contributed by atoms with Gasteiger partial charge in [-0.2, -0.15) is 5.10 Å². The van der Waals surface area contributed by atoms with Crippen LogP contribution in [0.1, 0.15) is 38.6 Å². The molecule has 17 heavy (non-hydrogen) atoms. The highest BCUT2D eigenvalue weighted by atomic mass is 16.5. The smallest absolute Gasteiger partial charge is 0.169 e. The van der Waals surface area contributed by atoms with Crippen LogP contribution >= 0.6 is 0 Å². The number of Topliss-reactive ketones (excluding diaryl/α,β-unsaturated/α-hetero) is 1. The van der Waals surface area contributed by atoms with E-state index in [1.807, 2.05) is 13.8 Å². The van der Waals surface area contributed by atoms with Gasteiger partial charge in [0, 0.05) is 13.2 Å². The monoisotopic (exact) mass is 237 g/mol. The fraction of sp³-hybridized carbons (Fsp3) is 0.750. The average molecular weight is 237 g/mol.